The van der Waals surface area contributed by atoms with Crippen LogP contribution in [0.15, 0.2) is 6.07 Å². The van der Waals surface area contributed by atoms with Gasteiger partial charge in [-0.1, -0.05) is 0 Å². The zero-order chi connectivity index (χ0) is 14.1. The number of nitrogen functional groups attached to an aromatic ring is 1. The lowest BCUT2D eigenvalue weighted by molar-refractivity contribution is -0.142. The first-order valence-electron chi connectivity index (χ1n) is 6.26. The molecule has 1 heterocycles. The quantitative estimate of drug-likeness (QED) is 0.677. The number of nitrogens with zero attached hydrogens (tertiary/aromatic N) is 2. The van der Waals surface area contributed by atoms with Crippen molar-refractivity contribution in [3.8, 4) is 0 Å². The third-order valence-corrected chi connectivity index (χ3v) is 2.17. The van der Waals surface area contributed by atoms with Crippen molar-refractivity contribution in [2.24, 2.45) is 0 Å². The average molecular weight is 268 g/mol. The zero-order valence-electron chi connectivity index (χ0n) is 11.3. The maximum Gasteiger partial charge on any atom is 0.307 e. The molecule has 19 heavy (non-hydrogen) atoms. The standard InChI is InChI=1S/C12H20N4O3/c1-3-18-8-11-15-9(13)7-10(16-11)14-6-5-12(17)19-4-2/h7H,3-6,8H2,1-2H3,(H3,13,14,15,16). The Hall–Kier alpha value is -1.89. The SMILES string of the molecule is CCOCc1nc(N)cc(NCCC(=O)OCC)n1. The Morgan fingerprint density at radius 2 is 2.16 bits per heavy atom. The summed E-state index contributed by atoms with van der Waals surface area (Å²) in [4.78, 5) is 19.5. The summed E-state index contributed by atoms with van der Waals surface area (Å²) in [6, 6.07) is 1.61. The molecular weight excluding hydrogens is 248 g/mol. The Kier molecular flexibility index (Phi) is 6.59. The van der Waals surface area contributed by atoms with Gasteiger partial charge in [0.25, 0.3) is 0 Å². The van der Waals surface area contributed by atoms with Crippen LogP contribution in [0.25, 0.3) is 0 Å². The van der Waals surface area contributed by atoms with Gasteiger partial charge < -0.3 is 20.5 Å². The first-order valence-corrected chi connectivity index (χ1v) is 6.26. The Labute approximate surface area is 112 Å². The van der Waals surface area contributed by atoms with Gasteiger partial charge in [0.15, 0.2) is 5.82 Å². The van der Waals surface area contributed by atoms with Gasteiger partial charge in [-0.25, -0.2) is 9.97 Å². The molecule has 3 N–H and O–H groups in total. The van der Waals surface area contributed by atoms with Crippen molar-refractivity contribution < 1.29 is 14.3 Å². The second-order valence-electron chi connectivity index (χ2n) is 3.71. The summed E-state index contributed by atoms with van der Waals surface area (Å²) in [6.07, 6.45) is 0.276. The van der Waals surface area contributed by atoms with Crippen LogP contribution in [0.2, 0.25) is 0 Å². The second kappa shape index (κ2) is 8.25. The molecular formula is C12H20N4O3. The second-order valence-corrected chi connectivity index (χ2v) is 3.71. The molecule has 0 spiro atoms. The highest BCUT2D eigenvalue weighted by Gasteiger charge is 2.04. The minimum Gasteiger partial charge on any atom is -0.466 e. The molecule has 106 valence electrons. The summed E-state index contributed by atoms with van der Waals surface area (Å²) in [6.45, 7) is 5.39. The third kappa shape index (κ3) is 6.01. The van der Waals surface area contributed by atoms with Crippen molar-refractivity contribution in [3.05, 3.63) is 11.9 Å². The summed E-state index contributed by atoms with van der Waals surface area (Å²) in [7, 11) is 0. The molecule has 0 unspecified atom stereocenters. The fraction of sp³-hybridized carbons (Fsp3) is 0.583. The maximum atomic E-state index is 11.2. The molecule has 7 nitrogen and oxygen atoms in total. The molecule has 1 rings (SSSR count). The Balaban J connectivity index is 2.48. The van der Waals surface area contributed by atoms with Gasteiger partial charge in [0, 0.05) is 19.2 Å². The molecule has 1 aromatic heterocycles. The third-order valence-electron chi connectivity index (χ3n) is 2.17. The predicted molar refractivity (Wildman–Crippen MR) is 71.5 cm³/mol. The minimum absolute atomic E-state index is 0.244. The van der Waals surface area contributed by atoms with E-state index in [0.717, 1.165) is 0 Å². The van der Waals surface area contributed by atoms with Crippen LogP contribution >= 0.6 is 0 Å². The van der Waals surface area contributed by atoms with Gasteiger partial charge >= 0.3 is 5.97 Å². The van der Waals surface area contributed by atoms with Gasteiger partial charge in [-0.05, 0) is 13.8 Å². The van der Waals surface area contributed by atoms with E-state index in [1.165, 1.54) is 0 Å². The molecule has 0 saturated heterocycles. The topological polar surface area (TPSA) is 99.4 Å². The van der Waals surface area contributed by atoms with Gasteiger partial charge in [-0.2, -0.15) is 0 Å². The van der Waals surface area contributed by atoms with Gasteiger partial charge in [0.05, 0.1) is 13.0 Å². The van der Waals surface area contributed by atoms with Crippen molar-refractivity contribution in [1.29, 1.82) is 0 Å². The molecule has 1 aromatic rings. The van der Waals surface area contributed by atoms with E-state index in [-0.39, 0.29) is 12.4 Å². The van der Waals surface area contributed by atoms with Crippen molar-refractivity contribution in [1.82, 2.24) is 9.97 Å². The largest absolute Gasteiger partial charge is 0.466 e. The molecule has 0 bridgehead atoms. The lowest BCUT2D eigenvalue weighted by atomic mass is 10.4. The highest BCUT2D eigenvalue weighted by Crippen LogP contribution is 2.09. The van der Waals surface area contributed by atoms with E-state index in [1.807, 2.05) is 6.92 Å². The first kappa shape index (κ1) is 15.2. The lowest BCUT2D eigenvalue weighted by Gasteiger charge is -2.08. The molecule has 0 aliphatic heterocycles. The van der Waals surface area contributed by atoms with Gasteiger partial charge in [0.1, 0.15) is 18.2 Å². The van der Waals surface area contributed by atoms with Crippen molar-refractivity contribution in [3.63, 3.8) is 0 Å². The Bertz CT molecular complexity index is 412. The number of hydrogen-bond donors (Lipinski definition) is 2. The molecule has 0 atom stereocenters. The Morgan fingerprint density at radius 3 is 2.84 bits per heavy atom. The average Bonchev–Trinajstić information content (AvgIpc) is 2.36. The van der Waals surface area contributed by atoms with E-state index in [1.54, 1.807) is 13.0 Å². The number of nitrogens with one attached hydrogen (secondary N) is 1. The van der Waals surface area contributed by atoms with E-state index in [9.17, 15) is 4.79 Å². The molecule has 0 aliphatic carbocycles. The predicted octanol–water partition coefficient (Wildman–Crippen LogP) is 0.960. The summed E-state index contributed by atoms with van der Waals surface area (Å²) in [5, 5.41) is 3.00. The highest BCUT2D eigenvalue weighted by molar-refractivity contribution is 5.70. The van der Waals surface area contributed by atoms with Crippen LogP contribution in [0, 0.1) is 0 Å². The number of carbonyl (C=O) groups excluding carboxylic acids is 1. The van der Waals surface area contributed by atoms with Crippen LogP contribution in [-0.4, -0.2) is 35.7 Å². The van der Waals surface area contributed by atoms with Crippen LogP contribution in [-0.2, 0) is 20.9 Å². The summed E-state index contributed by atoms with van der Waals surface area (Å²) < 4.78 is 10.0. The number of nitrogens with two attached hydrogens (primary N) is 1. The van der Waals surface area contributed by atoms with Crippen LogP contribution in [0.3, 0.4) is 0 Å². The van der Waals surface area contributed by atoms with E-state index >= 15 is 0 Å². The molecule has 0 aromatic carbocycles. The van der Waals surface area contributed by atoms with E-state index in [4.69, 9.17) is 15.2 Å². The summed E-state index contributed by atoms with van der Waals surface area (Å²) in [5.41, 5.74) is 5.67. The number of rotatable bonds is 8. The maximum absolute atomic E-state index is 11.2. The van der Waals surface area contributed by atoms with Crippen molar-refractivity contribution in [2.45, 2.75) is 26.9 Å². The number of ether oxygens (including phenoxy) is 2. The van der Waals surface area contributed by atoms with Crippen LogP contribution < -0.4 is 11.1 Å². The number of hydrogen-bond acceptors (Lipinski definition) is 7. The smallest absolute Gasteiger partial charge is 0.307 e. The van der Waals surface area contributed by atoms with Gasteiger partial charge in [-0.15, -0.1) is 0 Å². The molecule has 0 amide bonds. The zero-order valence-corrected chi connectivity index (χ0v) is 11.3. The van der Waals surface area contributed by atoms with Gasteiger partial charge in [-0.3, -0.25) is 4.79 Å². The number of aromatic nitrogens is 2. The molecule has 0 fully saturated rings. The van der Waals surface area contributed by atoms with Crippen LogP contribution in [0.4, 0.5) is 11.6 Å². The molecule has 0 saturated carbocycles. The van der Waals surface area contributed by atoms with Gasteiger partial charge in [0.2, 0.25) is 0 Å². The fourth-order valence-corrected chi connectivity index (χ4v) is 1.39. The number of carbonyl (C=O) groups is 1. The van der Waals surface area contributed by atoms with Crippen molar-refractivity contribution in [2.75, 3.05) is 30.8 Å². The molecule has 0 radical (unpaired) electrons. The monoisotopic (exact) mass is 268 g/mol. The summed E-state index contributed by atoms with van der Waals surface area (Å²) in [5.74, 6) is 1.21. The van der Waals surface area contributed by atoms with E-state index in [2.05, 4.69) is 15.3 Å². The molecule has 0 aliphatic rings. The van der Waals surface area contributed by atoms with Crippen molar-refractivity contribution >= 4 is 17.6 Å². The normalized spacial score (nSPS) is 10.2. The van der Waals surface area contributed by atoms with E-state index in [0.29, 0.717) is 43.8 Å². The number of esters is 1. The molecule has 7 heteroatoms. The first-order chi connectivity index (χ1) is 9.15. The number of anilines is 2. The Morgan fingerprint density at radius 1 is 1.37 bits per heavy atom. The fourth-order valence-electron chi connectivity index (χ4n) is 1.39. The highest BCUT2D eigenvalue weighted by atomic mass is 16.5. The minimum atomic E-state index is -0.244. The summed E-state index contributed by atoms with van der Waals surface area (Å²) >= 11 is 0. The lowest BCUT2D eigenvalue weighted by Crippen LogP contribution is -2.13. The van der Waals surface area contributed by atoms with Crippen LogP contribution in [0.5, 0.6) is 0 Å². The van der Waals surface area contributed by atoms with E-state index < -0.39 is 0 Å². The van der Waals surface area contributed by atoms with Crippen LogP contribution in [0.1, 0.15) is 26.1 Å².